The fourth-order valence-electron chi connectivity index (χ4n) is 3.76. The van der Waals surface area contributed by atoms with Crippen molar-refractivity contribution in [3.05, 3.63) is 29.8 Å². The summed E-state index contributed by atoms with van der Waals surface area (Å²) in [4.78, 5) is 14.7. The number of anilines is 1. The molecule has 1 aromatic carbocycles. The largest absolute Gasteiger partial charge is 0.325 e. The van der Waals surface area contributed by atoms with E-state index in [0.717, 1.165) is 43.7 Å². The van der Waals surface area contributed by atoms with E-state index < -0.39 is 0 Å². The van der Waals surface area contributed by atoms with E-state index in [1.54, 1.807) is 0 Å². The first-order valence-corrected chi connectivity index (χ1v) is 8.45. The van der Waals surface area contributed by atoms with Crippen LogP contribution in [0.1, 0.15) is 31.7 Å². The van der Waals surface area contributed by atoms with Crippen molar-refractivity contribution in [2.24, 2.45) is 11.8 Å². The van der Waals surface area contributed by atoms with Crippen LogP contribution in [0.4, 0.5) is 5.69 Å². The van der Waals surface area contributed by atoms with Crippen LogP contribution >= 0.6 is 12.4 Å². The van der Waals surface area contributed by atoms with Crippen LogP contribution in [-0.2, 0) is 4.79 Å². The summed E-state index contributed by atoms with van der Waals surface area (Å²) in [6, 6.07) is 8.11. The molecule has 4 nitrogen and oxygen atoms in total. The maximum atomic E-state index is 12.4. The van der Waals surface area contributed by atoms with Gasteiger partial charge in [0.1, 0.15) is 0 Å². The topological polar surface area (TPSA) is 44.4 Å². The van der Waals surface area contributed by atoms with E-state index in [2.05, 4.69) is 35.4 Å². The highest BCUT2D eigenvalue weighted by atomic mass is 35.5. The maximum absolute atomic E-state index is 12.4. The number of halogens is 1. The van der Waals surface area contributed by atoms with Crippen LogP contribution in [0.5, 0.6) is 0 Å². The monoisotopic (exact) mass is 337 g/mol. The molecule has 2 heterocycles. The van der Waals surface area contributed by atoms with Crippen LogP contribution < -0.4 is 10.6 Å². The third kappa shape index (κ3) is 4.46. The Morgan fingerprint density at radius 3 is 2.83 bits per heavy atom. The van der Waals surface area contributed by atoms with Gasteiger partial charge in [0.2, 0.25) is 5.91 Å². The van der Waals surface area contributed by atoms with E-state index in [-0.39, 0.29) is 18.3 Å². The zero-order chi connectivity index (χ0) is 15.5. The summed E-state index contributed by atoms with van der Waals surface area (Å²) in [5.74, 6) is 2.07. The molecule has 0 spiro atoms. The second kappa shape index (κ2) is 8.13. The number of nitrogens with one attached hydrogen (secondary N) is 2. The smallest absolute Gasteiger partial charge is 0.238 e. The number of benzene rings is 1. The molecule has 2 unspecified atom stereocenters. The number of likely N-dealkylation sites (tertiary alicyclic amines) is 1. The average molecular weight is 338 g/mol. The number of amides is 1. The van der Waals surface area contributed by atoms with Gasteiger partial charge < -0.3 is 10.6 Å². The molecule has 2 N–H and O–H groups in total. The number of carbonyl (C=O) groups is 1. The van der Waals surface area contributed by atoms with Gasteiger partial charge in [-0.2, -0.15) is 0 Å². The summed E-state index contributed by atoms with van der Waals surface area (Å²) in [5.41, 5.74) is 2.16. The summed E-state index contributed by atoms with van der Waals surface area (Å²) < 4.78 is 0. The number of fused-ring (bicyclic) bond motifs is 1. The number of hydrogen-bond acceptors (Lipinski definition) is 3. The minimum Gasteiger partial charge on any atom is -0.325 e. The molecular formula is C18H28ClN3O. The van der Waals surface area contributed by atoms with Gasteiger partial charge in [-0.25, -0.2) is 0 Å². The Morgan fingerprint density at radius 2 is 2.04 bits per heavy atom. The summed E-state index contributed by atoms with van der Waals surface area (Å²) in [7, 11) is 0. The minimum atomic E-state index is 0. The lowest BCUT2D eigenvalue weighted by molar-refractivity contribution is -0.117. The zero-order valence-electron chi connectivity index (χ0n) is 14.0. The molecule has 0 bridgehead atoms. The van der Waals surface area contributed by atoms with E-state index >= 15 is 0 Å². The van der Waals surface area contributed by atoms with E-state index in [1.807, 2.05) is 18.2 Å². The SMILES string of the molecule is CC(C)c1ccccc1NC(=O)CN1CCC2CNCC2C1.Cl. The van der Waals surface area contributed by atoms with E-state index in [0.29, 0.717) is 12.5 Å². The van der Waals surface area contributed by atoms with Crippen LogP contribution in [-0.4, -0.2) is 43.5 Å². The zero-order valence-corrected chi connectivity index (χ0v) is 14.9. The number of carbonyl (C=O) groups excluding carboxylic acids is 1. The average Bonchev–Trinajstić information content (AvgIpc) is 2.95. The van der Waals surface area contributed by atoms with E-state index in [4.69, 9.17) is 0 Å². The Bertz CT molecular complexity index is 535. The molecule has 2 saturated heterocycles. The molecule has 0 saturated carbocycles. The van der Waals surface area contributed by atoms with Gasteiger partial charge in [0, 0.05) is 12.2 Å². The Morgan fingerprint density at radius 1 is 1.30 bits per heavy atom. The molecule has 0 radical (unpaired) electrons. The molecule has 2 aliphatic rings. The van der Waals surface area contributed by atoms with Crippen molar-refractivity contribution < 1.29 is 4.79 Å². The first-order chi connectivity index (χ1) is 10.6. The molecule has 0 aromatic heterocycles. The Kier molecular flexibility index (Phi) is 6.45. The van der Waals surface area contributed by atoms with E-state index in [9.17, 15) is 4.79 Å². The number of nitrogens with zero attached hydrogens (tertiary/aromatic N) is 1. The van der Waals surface area contributed by atoms with Crippen LogP contribution in [0.25, 0.3) is 0 Å². The summed E-state index contributed by atoms with van der Waals surface area (Å²) in [6.07, 6.45) is 1.22. The second-order valence-electron chi connectivity index (χ2n) is 6.99. The van der Waals surface area contributed by atoms with Crippen LogP contribution in [0.3, 0.4) is 0 Å². The number of rotatable bonds is 4. The molecule has 5 heteroatoms. The van der Waals surface area contributed by atoms with Crippen molar-refractivity contribution in [1.82, 2.24) is 10.2 Å². The highest BCUT2D eigenvalue weighted by Crippen LogP contribution is 2.27. The Balaban J connectivity index is 0.00000192. The molecule has 128 valence electrons. The van der Waals surface area contributed by atoms with Crippen molar-refractivity contribution in [3.63, 3.8) is 0 Å². The summed E-state index contributed by atoms with van der Waals surface area (Å²) in [5, 5.41) is 6.57. The van der Waals surface area contributed by atoms with Gasteiger partial charge in [0.25, 0.3) is 0 Å². The fraction of sp³-hybridized carbons (Fsp3) is 0.611. The van der Waals surface area contributed by atoms with Gasteiger partial charge in [-0.1, -0.05) is 32.0 Å². The standard InChI is InChI=1S/C18H27N3O.ClH/c1-13(2)16-5-3-4-6-17(16)20-18(22)12-21-8-7-14-9-19-10-15(14)11-21;/h3-6,13-15,19H,7-12H2,1-2H3,(H,20,22);1H. The highest BCUT2D eigenvalue weighted by molar-refractivity contribution is 5.93. The number of hydrogen-bond donors (Lipinski definition) is 2. The lowest BCUT2D eigenvalue weighted by Crippen LogP contribution is -2.43. The van der Waals surface area contributed by atoms with Crippen LogP contribution in [0.15, 0.2) is 24.3 Å². The van der Waals surface area contributed by atoms with Crippen molar-refractivity contribution in [1.29, 1.82) is 0 Å². The Labute approximate surface area is 145 Å². The number of piperidine rings is 1. The van der Waals surface area contributed by atoms with Gasteiger partial charge in [-0.05, 0) is 55.4 Å². The van der Waals surface area contributed by atoms with Crippen LogP contribution in [0, 0.1) is 11.8 Å². The maximum Gasteiger partial charge on any atom is 0.238 e. The lowest BCUT2D eigenvalue weighted by Gasteiger charge is -2.33. The molecule has 1 aromatic rings. The molecule has 2 aliphatic heterocycles. The highest BCUT2D eigenvalue weighted by Gasteiger charge is 2.33. The molecular weight excluding hydrogens is 310 g/mol. The Hall–Kier alpha value is -1.10. The van der Waals surface area contributed by atoms with Crippen molar-refractivity contribution in [2.75, 3.05) is 38.0 Å². The predicted octanol–water partition coefficient (Wildman–Crippen LogP) is 2.71. The van der Waals surface area contributed by atoms with Gasteiger partial charge in [0.05, 0.1) is 6.54 Å². The van der Waals surface area contributed by atoms with Gasteiger partial charge in [-0.3, -0.25) is 9.69 Å². The lowest BCUT2D eigenvalue weighted by atomic mass is 9.89. The normalized spacial score (nSPS) is 24.1. The third-order valence-corrected chi connectivity index (χ3v) is 5.01. The van der Waals surface area contributed by atoms with Crippen molar-refractivity contribution in [3.8, 4) is 0 Å². The third-order valence-electron chi connectivity index (χ3n) is 5.01. The summed E-state index contributed by atoms with van der Waals surface area (Å²) >= 11 is 0. The van der Waals surface area contributed by atoms with Crippen molar-refractivity contribution >= 4 is 24.0 Å². The predicted molar refractivity (Wildman–Crippen MR) is 97.3 cm³/mol. The molecule has 3 rings (SSSR count). The molecule has 23 heavy (non-hydrogen) atoms. The first-order valence-electron chi connectivity index (χ1n) is 8.45. The van der Waals surface area contributed by atoms with Crippen LogP contribution in [0.2, 0.25) is 0 Å². The molecule has 2 fully saturated rings. The van der Waals surface area contributed by atoms with E-state index in [1.165, 1.54) is 12.0 Å². The molecule has 2 atom stereocenters. The summed E-state index contributed by atoms with van der Waals surface area (Å²) in [6.45, 7) is 9.19. The van der Waals surface area contributed by atoms with Gasteiger partial charge >= 0.3 is 0 Å². The van der Waals surface area contributed by atoms with Crippen molar-refractivity contribution in [2.45, 2.75) is 26.2 Å². The quantitative estimate of drug-likeness (QED) is 0.888. The van der Waals surface area contributed by atoms with Gasteiger partial charge in [0.15, 0.2) is 0 Å². The number of para-hydroxylation sites is 1. The fourth-order valence-corrected chi connectivity index (χ4v) is 3.76. The molecule has 0 aliphatic carbocycles. The van der Waals surface area contributed by atoms with Gasteiger partial charge in [-0.15, -0.1) is 12.4 Å². The minimum absolute atomic E-state index is 0. The molecule has 1 amide bonds. The second-order valence-corrected chi connectivity index (χ2v) is 6.99. The first kappa shape index (κ1) is 18.2.